The van der Waals surface area contributed by atoms with E-state index in [0.717, 1.165) is 5.56 Å². The normalized spacial score (nSPS) is 28.4. The van der Waals surface area contributed by atoms with Crippen molar-refractivity contribution in [2.24, 2.45) is 0 Å². The van der Waals surface area contributed by atoms with E-state index in [0.29, 0.717) is 6.61 Å². The van der Waals surface area contributed by atoms with E-state index in [1.54, 1.807) is 0 Å². The first-order valence-electron chi connectivity index (χ1n) is 8.24. The number of methoxy groups -OCH3 is 1. The zero-order valence-corrected chi connectivity index (χ0v) is 15.9. The topological polar surface area (TPSA) is 80.3 Å². The molecular formula is C18H24O7S. The van der Waals surface area contributed by atoms with E-state index < -0.39 is 41.8 Å². The maximum absolute atomic E-state index is 11.5. The van der Waals surface area contributed by atoms with Crippen LogP contribution in [0.25, 0.3) is 0 Å². The molecule has 8 heteroatoms. The molecule has 2 rings (SSSR count). The van der Waals surface area contributed by atoms with Crippen LogP contribution in [0, 0.1) is 0 Å². The zero-order chi connectivity index (χ0) is 19.1. The SMILES string of the molecule is CO[C@H]1O[C@H](COCc2ccccc2)[C@H](S)[C@H](OC(C)=O)[C@H]1OC(C)=O. The Hall–Kier alpha value is -1.61. The number of hydrogen-bond donors (Lipinski definition) is 1. The number of esters is 2. The third kappa shape index (κ3) is 5.70. The van der Waals surface area contributed by atoms with E-state index in [4.69, 9.17) is 23.7 Å². The van der Waals surface area contributed by atoms with Crippen LogP contribution in [0.3, 0.4) is 0 Å². The molecule has 1 fully saturated rings. The van der Waals surface area contributed by atoms with Gasteiger partial charge >= 0.3 is 11.9 Å². The Morgan fingerprint density at radius 3 is 2.27 bits per heavy atom. The highest BCUT2D eigenvalue weighted by atomic mass is 32.1. The van der Waals surface area contributed by atoms with Crippen molar-refractivity contribution in [1.82, 2.24) is 0 Å². The molecule has 1 aromatic carbocycles. The molecule has 0 radical (unpaired) electrons. The molecule has 1 saturated heterocycles. The first kappa shape index (κ1) is 20.7. The molecule has 0 bridgehead atoms. The minimum Gasteiger partial charge on any atom is -0.457 e. The highest BCUT2D eigenvalue weighted by Gasteiger charge is 2.48. The molecule has 0 spiro atoms. The van der Waals surface area contributed by atoms with Gasteiger partial charge in [0.05, 0.1) is 24.6 Å². The highest BCUT2D eigenvalue weighted by Crippen LogP contribution is 2.30. The molecule has 1 heterocycles. The summed E-state index contributed by atoms with van der Waals surface area (Å²) in [5.74, 6) is -1.04. The van der Waals surface area contributed by atoms with E-state index >= 15 is 0 Å². The van der Waals surface area contributed by atoms with Crippen LogP contribution < -0.4 is 0 Å². The van der Waals surface area contributed by atoms with Crippen LogP contribution in [0.4, 0.5) is 0 Å². The second-order valence-electron chi connectivity index (χ2n) is 5.92. The van der Waals surface area contributed by atoms with E-state index in [2.05, 4.69) is 12.6 Å². The third-order valence-corrected chi connectivity index (χ3v) is 4.47. The third-order valence-electron chi connectivity index (χ3n) is 3.85. The number of ether oxygens (including phenoxy) is 5. The molecule has 0 saturated carbocycles. The lowest BCUT2D eigenvalue weighted by Crippen LogP contribution is -2.59. The first-order chi connectivity index (χ1) is 12.4. The molecule has 1 aliphatic rings. The largest absolute Gasteiger partial charge is 0.457 e. The molecule has 26 heavy (non-hydrogen) atoms. The Morgan fingerprint density at radius 1 is 1.08 bits per heavy atom. The Labute approximate surface area is 158 Å². The van der Waals surface area contributed by atoms with Gasteiger partial charge in [-0.25, -0.2) is 0 Å². The number of carbonyl (C=O) groups excluding carboxylic acids is 2. The van der Waals surface area contributed by atoms with Gasteiger partial charge in [0.1, 0.15) is 0 Å². The lowest BCUT2D eigenvalue weighted by atomic mass is 10.0. The summed E-state index contributed by atoms with van der Waals surface area (Å²) in [4.78, 5) is 22.9. The summed E-state index contributed by atoms with van der Waals surface area (Å²) in [5.41, 5.74) is 1.02. The van der Waals surface area contributed by atoms with Gasteiger partial charge in [-0.3, -0.25) is 9.59 Å². The van der Waals surface area contributed by atoms with Crippen molar-refractivity contribution in [2.75, 3.05) is 13.7 Å². The average Bonchev–Trinajstić information content (AvgIpc) is 2.60. The Balaban J connectivity index is 2.05. The number of benzene rings is 1. The maximum atomic E-state index is 11.5. The van der Waals surface area contributed by atoms with Gasteiger partial charge in [-0.2, -0.15) is 12.6 Å². The molecule has 1 aromatic rings. The molecule has 0 aromatic heterocycles. The molecule has 0 aliphatic carbocycles. The van der Waals surface area contributed by atoms with E-state index in [1.807, 2.05) is 30.3 Å². The Morgan fingerprint density at radius 2 is 1.69 bits per heavy atom. The van der Waals surface area contributed by atoms with Crippen molar-refractivity contribution in [3.8, 4) is 0 Å². The summed E-state index contributed by atoms with van der Waals surface area (Å²) in [6, 6.07) is 9.70. The van der Waals surface area contributed by atoms with Gasteiger partial charge in [-0.15, -0.1) is 0 Å². The van der Waals surface area contributed by atoms with Crippen molar-refractivity contribution >= 4 is 24.6 Å². The Bertz CT molecular complexity index is 594. The van der Waals surface area contributed by atoms with Crippen LogP contribution in [0.2, 0.25) is 0 Å². The van der Waals surface area contributed by atoms with Crippen LogP contribution >= 0.6 is 12.6 Å². The minimum atomic E-state index is -0.908. The monoisotopic (exact) mass is 384 g/mol. The second-order valence-corrected chi connectivity index (χ2v) is 6.51. The fraction of sp³-hybridized carbons (Fsp3) is 0.556. The van der Waals surface area contributed by atoms with Gasteiger partial charge < -0.3 is 23.7 Å². The maximum Gasteiger partial charge on any atom is 0.303 e. The molecular weight excluding hydrogens is 360 g/mol. The summed E-state index contributed by atoms with van der Waals surface area (Å²) in [6.45, 7) is 3.17. The average molecular weight is 384 g/mol. The van der Waals surface area contributed by atoms with Gasteiger partial charge in [-0.1, -0.05) is 30.3 Å². The minimum absolute atomic E-state index is 0.216. The quantitative estimate of drug-likeness (QED) is 0.566. The predicted octanol–water partition coefficient (Wildman–Crippen LogP) is 1.74. The van der Waals surface area contributed by atoms with Gasteiger partial charge in [0.15, 0.2) is 18.5 Å². The smallest absolute Gasteiger partial charge is 0.303 e. The second kappa shape index (κ2) is 9.91. The summed E-state index contributed by atoms with van der Waals surface area (Å²) < 4.78 is 27.4. The van der Waals surface area contributed by atoms with Crippen LogP contribution in [-0.4, -0.2) is 55.5 Å². The van der Waals surface area contributed by atoms with Crippen molar-refractivity contribution in [3.05, 3.63) is 35.9 Å². The van der Waals surface area contributed by atoms with Crippen LogP contribution in [0.5, 0.6) is 0 Å². The number of hydrogen-bond acceptors (Lipinski definition) is 8. The number of rotatable bonds is 7. The van der Waals surface area contributed by atoms with Crippen LogP contribution in [0.1, 0.15) is 19.4 Å². The molecule has 144 valence electrons. The standard InChI is InChI=1S/C18H24O7S/c1-11(19)23-15-16(24-12(2)20)18(21-3)25-14(17(15)26)10-22-9-13-7-5-4-6-8-13/h4-8,14-18,26H,9-10H2,1-3H3/t14-,15-,16-,17+,18+/m1/s1. The molecule has 0 N–H and O–H groups in total. The van der Waals surface area contributed by atoms with Crippen molar-refractivity contribution < 1.29 is 33.3 Å². The lowest BCUT2D eigenvalue weighted by molar-refractivity contribution is -0.270. The Kier molecular flexibility index (Phi) is 7.89. The van der Waals surface area contributed by atoms with Gasteiger partial charge in [0.2, 0.25) is 0 Å². The van der Waals surface area contributed by atoms with Crippen LogP contribution in [0.15, 0.2) is 30.3 Å². The molecule has 0 amide bonds. The van der Waals surface area contributed by atoms with Crippen LogP contribution in [-0.2, 0) is 39.9 Å². The van der Waals surface area contributed by atoms with E-state index in [9.17, 15) is 9.59 Å². The fourth-order valence-corrected chi connectivity index (χ4v) is 3.12. The zero-order valence-electron chi connectivity index (χ0n) is 15.0. The fourth-order valence-electron chi connectivity index (χ4n) is 2.73. The summed E-state index contributed by atoms with van der Waals surface area (Å²) in [5, 5.41) is -0.551. The number of thiol groups is 1. The molecule has 5 atom stereocenters. The van der Waals surface area contributed by atoms with Crippen molar-refractivity contribution in [3.63, 3.8) is 0 Å². The summed E-state index contributed by atoms with van der Waals surface area (Å²) >= 11 is 4.52. The van der Waals surface area contributed by atoms with Gasteiger partial charge in [-0.05, 0) is 5.56 Å². The molecule has 0 unspecified atom stereocenters. The first-order valence-corrected chi connectivity index (χ1v) is 8.76. The van der Waals surface area contributed by atoms with E-state index in [-0.39, 0.29) is 6.61 Å². The summed E-state index contributed by atoms with van der Waals surface area (Å²) in [6.07, 6.45) is -3.13. The van der Waals surface area contributed by atoms with Gasteiger partial charge in [0.25, 0.3) is 0 Å². The van der Waals surface area contributed by atoms with Crippen molar-refractivity contribution in [2.45, 2.75) is 50.3 Å². The molecule has 7 nitrogen and oxygen atoms in total. The number of carbonyl (C=O) groups is 2. The van der Waals surface area contributed by atoms with Gasteiger partial charge in [0, 0.05) is 21.0 Å². The van der Waals surface area contributed by atoms with Crippen molar-refractivity contribution in [1.29, 1.82) is 0 Å². The summed E-state index contributed by atoms with van der Waals surface area (Å²) in [7, 11) is 1.42. The lowest BCUT2D eigenvalue weighted by Gasteiger charge is -2.43. The highest BCUT2D eigenvalue weighted by molar-refractivity contribution is 7.81. The van der Waals surface area contributed by atoms with E-state index in [1.165, 1.54) is 21.0 Å². The molecule has 1 aliphatic heterocycles. The predicted molar refractivity (Wildman–Crippen MR) is 95.7 cm³/mol.